The van der Waals surface area contributed by atoms with Crippen molar-refractivity contribution in [1.29, 1.82) is 0 Å². The molecule has 0 heterocycles. The molecule has 4 heteroatoms. The van der Waals surface area contributed by atoms with Crippen molar-refractivity contribution in [2.45, 2.75) is 32.7 Å². The Bertz CT molecular complexity index is 368. The number of benzene rings is 1. The van der Waals surface area contributed by atoms with Gasteiger partial charge in [0.1, 0.15) is 5.75 Å². The Morgan fingerprint density at radius 2 is 2.29 bits per heavy atom. The number of hydrogen-bond acceptors (Lipinski definition) is 2. The van der Waals surface area contributed by atoms with E-state index in [4.69, 9.17) is 16.3 Å². The molecule has 1 rings (SSSR count). The molecule has 0 bridgehead atoms. The molecule has 1 N–H and O–H groups in total. The van der Waals surface area contributed by atoms with Crippen LogP contribution in [0, 0.1) is 0 Å². The van der Waals surface area contributed by atoms with E-state index in [9.17, 15) is 4.79 Å². The molecule has 1 amide bonds. The Hall–Kier alpha value is -1.22. The van der Waals surface area contributed by atoms with Crippen LogP contribution in [0.3, 0.4) is 0 Å². The average Bonchev–Trinajstić information content (AvgIpc) is 2.27. The summed E-state index contributed by atoms with van der Waals surface area (Å²) in [5.74, 6) is 0.502. The molecular weight excluding hydrogens is 238 g/mol. The van der Waals surface area contributed by atoms with Crippen molar-refractivity contribution in [1.82, 2.24) is 5.32 Å². The molecular formula is C13H18ClNO2. The van der Waals surface area contributed by atoms with Gasteiger partial charge in [0, 0.05) is 11.1 Å². The van der Waals surface area contributed by atoms with Crippen LogP contribution in [0.5, 0.6) is 5.75 Å². The minimum Gasteiger partial charge on any atom is -0.484 e. The Kier molecular flexibility index (Phi) is 5.84. The van der Waals surface area contributed by atoms with Crippen molar-refractivity contribution in [3.05, 3.63) is 29.3 Å². The third-order valence-corrected chi connectivity index (χ3v) is 2.53. The number of halogens is 1. The number of amides is 1. The summed E-state index contributed by atoms with van der Waals surface area (Å²) in [7, 11) is 0. The quantitative estimate of drug-likeness (QED) is 0.849. The zero-order valence-corrected chi connectivity index (χ0v) is 11.0. The SMILES string of the molecule is CCCC(C)NC(=O)COc1cccc(Cl)c1. The van der Waals surface area contributed by atoms with E-state index < -0.39 is 0 Å². The van der Waals surface area contributed by atoms with Gasteiger partial charge in [0.05, 0.1) is 0 Å². The maximum absolute atomic E-state index is 11.5. The van der Waals surface area contributed by atoms with E-state index in [-0.39, 0.29) is 18.6 Å². The number of carbonyl (C=O) groups is 1. The molecule has 1 unspecified atom stereocenters. The van der Waals surface area contributed by atoms with Gasteiger partial charge < -0.3 is 10.1 Å². The number of nitrogens with one attached hydrogen (secondary N) is 1. The highest BCUT2D eigenvalue weighted by Gasteiger charge is 2.07. The van der Waals surface area contributed by atoms with Crippen LogP contribution < -0.4 is 10.1 Å². The highest BCUT2D eigenvalue weighted by molar-refractivity contribution is 6.30. The minimum absolute atomic E-state index is 0.0222. The first-order chi connectivity index (χ1) is 8.11. The molecule has 1 aromatic carbocycles. The maximum Gasteiger partial charge on any atom is 0.258 e. The maximum atomic E-state index is 11.5. The second kappa shape index (κ2) is 7.17. The van der Waals surface area contributed by atoms with Gasteiger partial charge in [-0.3, -0.25) is 4.79 Å². The Balaban J connectivity index is 2.33. The van der Waals surface area contributed by atoms with Crippen LogP contribution in [-0.4, -0.2) is 18.6 Å². The fourth-order valence-electron chi connectivity index (χ4n) is 1.53. The van der Waals surface area contributed by atoms with Gasteiger partial charge in [-0.15, -0.1) is 0 Å². The van der Waals surface area contributed by atoms with Crippen LogP contribution in [0.15, 0.2) is 24.3 Å². The first-order valence-corrected chi connectivity index (χ1v) is 6.17. The van der Waals surface area contributed by atoms with Crippen molar-refractivity contribution in [2.75, 3.05) is 6.61 Å². The van der Waals surface area contributed by atoms with Crippen molar-refractivity contribution >= 4 is 17.5 Å². The molecule has 0 aliphatic rings. The fourth-order valence-corrected chi connectivity index (χ4v) is 1.71. The Morgan fingerprint density at radius 3 is 2.94 bits per heavy atom. The monoisotopic (exact) mass is 255 g/mol. The van der Waals surface area contributed by atoms with Crippen LogP contribution in [0.25, 0.3) is 0 Å². The summed E-state index contributed by atoms with van der Waals surface area (Å²) in [6.45, 7) is 4.10. The van der Waals surface area contributed by atoms with Gasteiger partial charge in [-0.05, 0) is 31.5 Å². The summed E-state index contributed by atoms with van der Waals surface area (Å²) in [5.41, 5.74) is 0. The minimum atomic E-state index is -0.106. The molecule has 1 aromatic rings. The van der Waals surface area contributed by atoms with Gasteiger partial charge in [0.2, 0.25) is 0 Å². The van der Waals surface area contributed by atoms with E-state index in [1.54, 1.807) is 24.3 Å². The Labute approximate surface area is 107 Å². The largest absolute Gasteiger partial charge is 0.484 e. The van der Waals surface area contributed by atoms with Crippen LogP contribution in [0.2, 0.25) is 5.02 Å². The predicted octanol–water partition coefficient (Wildman–Crippen LogP) is 3.02. The smallest absolute Gasteiger partial charge is 0.258 e. The molecule has 0 aliphatic carbocycles. The summed E-state index contributed by atoms with van der Waals surface area (Å²) in [4.78, 5) is 11.5. The number of hydrogen-bond donors (Lipinski definition) is 1. The van der Waals surface area contributed by atoms with E-state index in [1.165, 1.54) is 0 Å². The molecule has 0 saturated carbocycles. The number of carbonyl (C=O) groups excluding carboxylic acids is 1. The van der Waals surface area contributed by atoms with Crippen LogP contribution in [0.1, 0.15) is 26.7 Å². The summed E-state index contributed by atoms with van der Waals surface area (Å²) in [6.07, 6.45) is 2.03. The van der Waals surface area contributed by atoms with Crippen LogP contribution >= 0.6 is 11.6 Å². The zero-order valence-electron chi connectivity index (χ0n) is 10.2. The van der Waals surface area contributed by atoms with Crippen LogP contribution in [-0.2, 0) is 4.79 Å². The standard InChI is InChI=1S/C13H18ClNO2/c1-3-5-10(2)15-13(16)9-17-12-7-4-6-11(14)8-12/h4,6-8,10H,3,5,9H2,1-2H3,(H,15,16). The topological polar surface area (TPSA) is 38.3 Å². The van der Waals surface area contributed by atoms with Gasteiger partial charge in [-0.2, -0.15) is 0 Å². The first-order valence-electron chi connectivity index (χ1n) is 5.79. The van der Waals surface area contributed by atoms with E-state index in [1.807, 2.05) is 6.92 Å². The lowest BCUT2D eigenvalue weighted by Gasteiger charge is -2.13. The van der Waals surface area contributed by atoms with Crippen molar-refractivity contribution in [3.8, 4) is 5.75 Å². The number of rotatable bonds is 6. The summed E-state index contributed by atoms with van der Waals surface area (Å²) < 4.78 is 5.33. The highest BCUT2D eigenvalue weighted by atomic mass is 35.5. The molecule has 0 fully saturated rings. The summed E-state index contributed by atoms with van der Waals surface area (Å²) >= 11 is 5.81. The third kappa shape index (κ3) is 5.59. The van der Waals surface area contributed by atoms with E-state index in [0.29, 0.717) is 10.8 Å². The van der Waals surface area contributed by atoms with E-state index >= 15 is 0 Å². The highest BCUT2D eigenvalue weighted by Crippen LogP contribution is 2.16. The van der Waals surface area contributed by atoms with Gasteiger partial charge in [0.15, 0.2) is 6.61 Å². The van der Waals surface area contributed by atoms with Crippen LogP contribution in [0.4, 0.5) is 0 Å². The predicted molar refractivity (Wildman–Crippen MR) is 69.5 cm³/mol. The number of ether oxygens (including phenoxy) is 1. The lowest BCUT2D eigenvalue weighted by molar-refractivity contribution is -0.123. The van der Waals surface area contributed by atoms with Gasteiger partial charge >= 0.3 is 0 Å². The first kappa shape index (κ1) is 13.8. The normalized spacial score (nSPS) is 11.9. The third-order valence-electron chi connectivity index (χ3n) is 2.30. The molecule has 1 atom stereocenters. The van der Waals surface area contributed by atoms with E-state index in [2.05, 4.69) is 12.2 Å². The summed E-state index contributed by atoms with van der Waals surface area (Å²) in [6, 6.07) is 7.20. The molecule has 3 nitrogen and oxygen atoms in total. The zero-order chi connectivity index (χ0) is 12.7. The fraction of sp³-hybridized carbons (Fsp3) is 0.462. The van der Waals surface area contributed by atoms with Gasteiger partial charge in [-0.25, -0.2) is 0 Å². The molecule has 0 aliphatic heterocycles. The Morgan fingerprint density at radius 1 is 1.53 bits per heavy atom. The average molecular weight is 256 g/mol. The second-order valence-electron chi connectivity index (χ2n) is 4.00. The van der Waals surface area contributed by atoms with Crippen molar-refractivity contribution < 1.29 is 9.53 Å². The van der Waals surface area contributed by atoms with Crippen molar-refractivity contribution in [3.63, 3.8) is 0 Å². The molecule has 0 aromatic heterocycles. The molecule has 0 radical (unpaired) electrons. The molecule has 0 spiro atoms. The second-order valence-corrected chi connectivity index (χ2v) is 4.44. The van der Waals surface area contributed by atoms with Gasteiger partial charge in [0.25, 0.3) is 5.91 Å². The summed E-state index contributed by atoms with van der Waals surface area (Å²) in [5, 5.41) is 3.47. The van der Waals surface area contributed by atoms with Gasteiger partial charge in [-0.1, -0.05) is 31.0 Å². The molecule has 17 heavy (non-hydrogen) atoms. The van der Waals surface area contributed by atoms with Crippen molar-refractivity contribution in [2.24, 2.45) is 0 Å². The van der Waals surface area contributed by atoms with E-state index in [0.717, 1.165) is 12.8 Å². The lowest BCUT2D eigenvalue weighted by atomic mass is 10.2. The molecule has 0 saturated heterocycles. The molecule has 94 valence electrons. The lowest BCUT2D eigenvalue weighted by Crippen LogP contribution is -2.35.